The number of aromatic nitrogens is 2. The van der Waals surface area contributed by atoms with Crippen LogP contribution in [0.25, 0.3) is 16.7 Å². The van der Waals surface area contributed by atoms with Crippen LogP contribution in [0, 0.1) is 28.0 Å². The van der Waals surface area contributed by atoms with Gasteiger partial charge in [0, 0.05) is 18.2 Å². The molecular weight excluding hydrogens is 372 g/mol. The van der Waals surface area contributed by atoms with Gasteiger partial charge in [0.05, 0.1) is 15.5 Å². The average Bonchev–Trinajstić information content (AvgIpc) is 2.66. The van der Waals surface area contributed by atoms with Gasteiger partial charge in [-0.25, -0.2) is 17.6 Å². The monoisotopic (exact) mass is 376 g/mol. The average molecular weight is 377 g/mol. The summed E-state index contributed by atoms with van der Waals surface area (Å²) in [5, 5.41) is 0. The number of halogens is 5. The molecule has 108 valence electrons. The van der Waals surface area contributed by atoms with E-state index in [9.17, 15) is 17.6 Å². The number of imidazole rings is 1. The van der Waals surface area contributed by atoms with Crippen molar-refractivity contribution in [3.8, 4) is 5.69 Å². The van der Waals surface area contributed by atoms with Crippen molar-refractivity contribution in [2.24, 2.45) is 0 Å². The molecule has 3 aromatic rings. The second-order valence-corrected chi connectivity index (χ2v) is 5.51. The van der Waals surface area contributed by atoms with E-state index in [2.05, 4.69) is 20.9 Å². The van der Waals surface area contributed by atoms with Crippen molar-refractivity contribution in [2.45, 2.75) is 0 Å². The van der Waals surface area contributed by atoms with Crippen LogP contribution in [0.15, 0.2) is 28.7 Å². The molecule has 21 heavy (non-hydrogen) atoms. The molecule has 3 rings (SSSR count). The Morgan fingerprint density at radius 3 is 2.19 bits per heavy atom. The Morgan fingerprint density at radius 2 is 1.57 bits per heavy atom. The molecule has 0 amide bonds. The van der Waals surface area contributed by atoms with E-state index in [4.69, 9.17) is 12.2 Å². The first-order valence-electron chi connectivity index (χ1n) is 5.63. The highest BCUT2D eigenvalue weighted by Gasteiger charge is 2.18. The first-order valence-corrected chi connectivity index (χ1v) is 6.83. The van der Waals surface area contributed by atoms with Crippen molar-refractivity contribution in [3.05, 3.63) is 56.8 Å². The summed E-state index contributed by atoms with van der Waals surface area (Å²) in [5.41, 5.74) is 0.00710. The van der Waals surface area contributed by atoms with Crippen LogP contribution < -0.4 is 0 Å². The first-order chi connectivity index (χ1) is 9.88. The number of H-pyrrole nitrogens is 1. The number of hydrogen-bond donors (Lipinski definition) is 1. The standard InChI is InChI=1S/C13H5BrF4N2S/c14-6-3-11-10(4-7(6)16)19-13(21)20(11)12-8(17)1-5(15)2-9(12)18/h1-4H,(H,19,21). The Bertz CT molecular complexity index is 909. The van der Waals surface area contributed by atoms with Gasteiger partial charge >= 0.3 is 0 Å². The number of fused-ring (bicyclic) bond motifs is 1. The van der Waals surface area contributed by atoms with Crippen LogP contribution in [0.4, 0.5) is 17.6 Å². The predicted molar refractivity (Wildman–Crippen MR) is 76.0 cm³/mol. The third-order valence-electron chi connectivity index (χ3n) is 2.93. The minimum atomic E-state index is -1.11. The van der Waals surface area contributed by atoms with Gasteiger partial charge in [-0.05, 0) is 34.2 Å². The van der Waals surface area contributed by atoms with Crippen LogP contribution in [0.1, 0.15) is 0 Å². The maximum Gasteiger partial charge on any atom is 0.182 e. The van der Waals surface area contributed by atoms with Crippen LogP contribution in [0.3, 0.4) is 0 Å². The van der Waals surface area contributed by atoms with Crippen LogP contribution in [0.5, 0.6) is 0 Å². The van der Waals surface area contributed by atoms with E-state index in [1.54, 1.807) is 0 Å². The fourth-order valence-electron chi connectivity index (χ4n) is 2.07. The lowest BCUT2D eigenvalue weighted by atomic mass is 10.2. The molecule has 1 heterocycles. The highest BCUT2D eigenvalue weighted by atomic mass is 79.9. The van der Waals surface area contributed by atoms with E-state index in [-0.39, 0.29) is 20.3 Å². The minimum Gasteiger partial charge on any atom is -0.330 e. The number of nitrogens with zero attached hydrogens (tertiary/aromatic N) is 1. The SMILES string of the molecule is Fc1cc(F)c(-n2c(=S)[nH]c3cc(F)c(Br)cc32)c(F)c1. The molecule has 0 radical (unpaired) electrons. The summed E-state index contributed by atoms with van der Waals surface area (Å²) in [6, 6.07) is 3.58. The van der Waals surface area contributed by atoms with Gasteiger partial charge in [0.1, 0.15) is 17.3 Å². The quantitative estimate of drug-likeness (QED) is 0.467. The Kier molecular flexibility index (Phi) is 3.37. The van der Waals surface area contributed by atoms with E-state index in [1.807, 2.05) is 0 Å². The Balaban J connectivity index is 2.44. The molecule has 0 bridgehead atoms. The molecule has 0 aliphatic carbocycles. The van der Waals surface area contributed by atoms with Gasteiger partial charge in [-0.1, -0.05) is 0 Å². The van der Waals surface area contributed by atoms with Crippen molar-refractivity contribution in [3.63, 3.8) is 0 Å². The van der Waals surface area contributed by atoms with Crippen molar-refractivity contribution in [1.82, 2.24) is 9.55 Å². The highest BCUT2D eigenvalue weighted by Crippen LogP contribution is 2.28. The van der Waals surface area contributed by atoms with Crippen molar-refractivity contribution in [2.75, 3.05) is 0 Å². The first kappa shape index (κ1) is 14.3. The second kappa shape index (κ2) is 4.96. The summed E-state index contributed by atoms with van der Waals surface area (Å²) in [6.07, 6.45) is 0. The predicted octanol–water partition coefficient (Wildman–Crippen LogP) is 5.01. The summed E-state index contributed by atoms with van der Waals surface area (Å²) >= 11 is 8.01. The number of nitrogens with one attached hydrogen (secondary N) is 1. The van der Waals surface area contributed by atoms with E-state index >= 15 is 0 Å². The fraction of sp³-hybridized carbons (Fsp3) is 0. The van der Waals surface area contributed by atoms with Crippen LogP contribution >= 0.6 is 28.1 Å². The summed E-state index contributed by atoms with van der Waals surface area (Å²) < 4.78 is 55.5. The van der Waals surface area contributed by atoms with Crippen LogP contribution in [0.2, 0.25) is 0 Å². The minimum absolute atomic E-state index is 0.0353. The van der Waals surface area contributed by atoms with Gasteiger partial charge in [0.25, 0.3) is 0 Å². The van der Waals surface area contributed by atoms with Crippen LogP contribution in [-0.4, -0.2) is 9.55 Å². The zero-order valence-electron chi connectivity index (χ0n) is 10.1. The molecule has 0 aliphatic rings. The number of benzene rings is 2. The molecule has 8 heteroatoms. The zero-order chi connectivity index (χ0) is 15.3. The number of rotatable bonds is 1. The summed E-state index contributed by atoms with van der Waals surface area (Å²) in [6.45, 7) is 0. The molecule has 0 spiro atoms. The summed E-state index contributed by atoms with van der Waals surface area (Å²) in [4.78, 5) is 2.65. The van der Waals surface area contributed by atoms with Gasteiger partial charge in [-0.15, -0.1) is 0 Å². The lowest BCUT2D eigenvalue weighted by Gasteiger charge is -2.08. The van der Waals surface area contributed by atoms with Crippen molar-refractivity contribution >= 4 is 39.2 Å². The van der Waals surface area contributed by atoms with E-state index in [0.717, 1.165) is 10.6 Å². The molecule has 1 aromatic heterocycles. The fourth-order valence-corrected chi connectivity index (χ4v) is 2.70. The normalized spacial score (nSPS) is 11.3. The lowest BCUT2D eigenvalue weighted by molar-refractivity contribution is 0.535. The molecule has 1 N–H and O–H groups in total. The third-order valence-corrected chi connectivity index (χ3v) is 3.82. The van der Waals surface area contributed by atoms with Crippen molar-refractivity contribution < 1.29 is 17.6 Å². The van der Waals surface area contributed by atoms with Gasteiger partial charge in [0.15, 0.2) is 16.4 Å². The maximum atomic E-state index is 13.9. The van der Waals surface area contributed by atoms with Gasteiger partial charge < -0.3 is 4.98 Å². The Hall–Kier alpha value is -1.67. The van der Waals surface area contributed by atoms with E-state index < -0.39 is 29.0 Å². The summed E-state index contributed by atoms with van der Waals surface area (Å²) in [5.74, 6) is -3.80. The Morgan fingerprint density at radius 1 is 0.952 bits per heavy atom. The molecule has 0 saturated carbocycles. The molecule has 0 atom stereocenters. The third kappa shape index (κ3) is 2.28. The number of aromatic amines is 1. The second-order valence-electron chi connectivity index (χ2n) is 4.27. The molecular formula is C13H5BrF4N2S. The topological polar surface area (TPSA) is 20.7 Å². The largest absolute Gasteiger partial charge is 0.330 e. The van der Waals surface area contributed by atoms with Crippen molar-refractivity contribution in [1.29, 1.82) is 0 Å². The molecule has 2 aromatic carbocycles. The highest BCUT2D eigenvalue weighted by molar-refractivity contribution is 9.10. The van der Waals surface area contributed by atoms with E-state index in [0.29, 0.717) is 12.1 Å². The smallest absolute Gasteiger partial charge is 0.182 e. The molecule has 0 aliphatic heterocycles. The summed E-state index contributed by atoms with van der Waals surface area (Å²) in [7, 11) is 0. The van der Waals surface area contributed by atoms with Crippen LogP contribution in [-0.2, 0) is 0 Å². The molecule has 0 saturated heterocycles. The molecule has 2 nitrogen and oxygen atoms in total. The molecule has 0 fully saturated rings. The lowest BCUT2D eigenvalue weighted by Crippen LogP contribution is -2.03. The van der Waals surface area contributed by atoms with E-state index in [1.165, 1.54) is 6.07 Å². The zero-order valence-corrected chi connectivity index (χ0v) is 12.5. The van der Waals surface area contributed by atoms with Gasteiger partial charge in [0.2, 0.25) is 0 Å². The number of hydrogen-bond acceptors (Lipinski definition) is 1. The van der Waals surface area contributed by atoms with Gasteiger partial charge in [-0.3, -0.25) is 4.57 Å². The molecule has 0 unspecified atom stereocenters. The maximum absolute atomic E-state index is 13.9. The Labute approximate surface area is 129 Å². The van der Waals surface area contributed by atoms with Gasteiger partial charge in [-0.2, -0.15) is 0 Å².